The summed E-state index contributed by atoms with van der Waals surface area (Å²) in [7, 11) is 3.66. The van der Waals surface area contributed by atoms with E-state index < -0.39 is 0 Å². The number of aromatic hydroxyl groups is 1. The van der Waals surface area contributed by atoms with Gasteiger partial charge in [-0.05, 0) is 32.4 Å². The van der Waals surface area contributed by atoms with Gasteiger partial charge in [-0.3, -0.25) is 4.90 Å². The van der Waals surface area contributed by atoms with Gasteiger partial charge >= 0.3 is 0 Å². The number of nitrogens with zero attached hydrogens (tertiary/aromatic N) is 1. The Balaban J connectivity index is 1.88. The van der Waals surface area contributed by atoms with Crippen LogP contribution in [0.3, 0.4) is 0 Å². The van der Waals surface area contributed by atoms with Crippen molar-refractivity contribution in [2.75, 3.05) is 27.3 Å². The Hall–Kier alpha value is -1.26. The molecule has 4 nitrogen and oxygen atoms in total. The normalized spacial score (nSPS) is 19.6. The van der Waals surface area contributed by atoms with Gasteiger partial charge in [-0.25, -0.2) is 0 Å². The predicted octanol–water partition coefficient (Wildman–Crippen LogP) is 2.40. The van der Waals surface area contributed by atoms with Crippen LogP contribution in [0.2, 0.25) is 0 Å². The summed E-state index contributed by atoms with van der Waals surface area (Å²) in [5.74, 6) is 0.968. The molecule has 1 aliphatic rings. The minimum Gasteiger partial charge on any atom is -0.507 e. The van der Waals surface area contributed by atoms with Crippen LogP contribution >= 0.6 is 0 Å². The third-order valence-electron chi connectivity index (χ3n) is 3.52. The lowest BCUT2D eigenvalue weighted by Gasteiger charge is -2.27. The maximum absolute atomic E-state index is 9.94. The molecule has 0 spiro atoms. The van der Waals surface area contributed by atoms with Crippen LogP contribution in [0.4, 0.5) is 0 Å². The number of methoxy groups -OCH3 is 1. The van der Waals surface area contributed by atoms with Gasteiger partial charge in [0.05, 0.1) is 13.2 Å². The molecule has 1 aliphatic heterocycles. The first-order chi connectivity index (χ1) is 9.19. The van der Waals surface area contributed by atoms with Crippen molar-refractivity contribution in [2.24, 2.45) is 0 Å². The van der Waals surface area contributed by atoms with E-state index in [1.807, 2.05) is 12.1 Å². The molecular weight excluding hydrogens is 242 g/mol. The van der Waals surface area contributed by atoms with Crippen LogP contribution in [0.15, 0.2) is 18.2 Å². The monoisotopic (exact) mass is 265 g/mol. The average molecular weight is 265 g/mol. The first-order valence-electron chi connectivity index (χ1n) is 6.85. The first-order valence-corrected chi connectivity index (χ1v) is 6.85. The molecule has 1 N–H and O–H groups in total. The smallest absolute Gasteiger partial charge is 0.123 e. The van der Waals surface area contributed by atoms with Crippen LogP contribution in [0.1, 0.15) is 24.8 Å². The predicted molar refractivity (Wildman–Crippen MR) is 74.6 cm³/mol. The van der Waals surface area contributed by atoms with Gasteiger partial charge in [0.15, 0.2) is 0 Å². The highest BCUT2D eigenvalue weighted by Crippen LogP contribution is 2.24. The van der Waals surface area contributed by atoms with Crippen molar-refractivity contribution >= 4 is 0 Å². The molecule has 1 atom stereocenters. The Bertz CT molecular complexity index is 402. The summed E-state index contributed by atoms with van der Waals surface area (Å²) in [6.07, 6.45) is 3.91. The fourth-order valence-electron chi connectivity index (χ4n) is 2.46. The molecule has 1 unspecified atom stereocenters. The van der Waals surface area contributed by atoms with Crippen LogP contribution in [0.25, 0.3) is 0 Å². The number of hydrogen-bond donors (Lipinski definition) is 1. The number of hydrogen-bond acceptors (Lipinski definition) is 4. The number of rotatable bonds is 5. The van der Waals surface area contributed by atoms with E-state index in [-0.39, 0.29) is 5.75 Å². The number of benzene rings is 1. The zero-order valence-corrected chi connectivity index (χ0v) is 11.8. The molecule has 1 heterocycles. The Kier molecular flexibility index (Phi) is 5.05. The van der Waals surface area contributed by atoms with E-state index in [0.717, 1.165) is 31.7 Å². The van der Waals surface area contributed by atoms with Crippen molar-refractivity contribution in [1.29, 1.82) is 0 Å². The maximum Gasteiger partial charge on any atom is 0.123 e. The van der Waals surface area contributed by atoms with E-state index >= 15 is 0 Å². The van der Waals surface area contributed by atoms with Crippen molar-refractivity contribution in [3.05, 3.63) is 23.8 Å². The topological polar surface area (TPSA) is 41.9 Å². The van der Waals surface area contributed by atoms with Gasteiger partial charge in [-0.1, -0.05) is 6.07 Å². The Morgan fingerprint density at radius 2 is 2.26 bits per heavy atom. The standard InChI is InChI=1S/C15H23NO3/c1-16(11-14-5-3-4-8-19-14)10-12-6-7-13(18-2)9-15(12)17/h6-7,9,14,17H,3-5,8,10-11H2,1-2H3. The van der Waals surface area contributed by atoms with E-state index in [0.29, 0.717) is 11.9 Å². The van der Waals surface area contributed by atoms with Crippen LogP contribution < -0.4 is 4.74 Å². The molecule has 1 saturated heterocycles. The first kappa shape index (κ1) is 14.2. The summed E-state index contributed by atoms with van der Waals surface area (Å²) in [6.45, 7) is 2.51. The fraction of sp³-hybridized carbons (Fsp3) is 0.600. The van der Waals surface area contributed by atoms with E-state index in [1.165, 1.54) is 12.8 Å². The summed E-state index contributed by atoms with van der Waals surface area (Å²) in [5, 5.41) is 9.94. The lowest BCUT2D eigenvalue weighted by Crippen LogP contribution is -2.33. The van der Waals surface area contributed by atoms with Gasteiger partial charge in [-0.15, -0.1) is 0 Å². The van der Waals surface area contributed by atoms with E-state index in [2.05, 4.69) is 11.9 Å². The van der Waals surface area contributed by atoms with Gasteiger partial charge < -0.3 is 14.6 Å². The quantitative estimate of drug-likeness (QED) is 0.887. The number of phenolic OH excluding ortho intramolecular Hbond substituents is 1. The maximum atomic E-state index is 9.94. The van der Waals surface area contributed by atoms with Crippen molar-refractivity contribution in [3.63, 3.8) is 0 Å². The third-order valence-corrected chi connectivity index (χ3v) is 3.52. The summed E-state index contributed by atoms with van der Waals surface area (Å²) >= 11 is 0. The van der Waals surface area contributed by atoms with Gasteiger partial charge in [-0.2, -0.15) is 0 Å². The second-order valence-corrected chi connectivity index (χ2v) is 5.18. The Morgan fingerprint density at radius 3 is 2.89 bits per heavy atom. The summed E-state index contributed by atoms with van der Waals surface area (Å²) < 4.78 is 10.8. The molecule has 4 heteroatoms. The van der Waals surface area contributed by atoms with Crippen molar-refractivity contribution in [3.8, 4) is 11.5 Å². The molecule has 106 valence electrons. The number of phenols is 1. The minimum absolute atomic E-state index is 0.288. The molecular formula is C15H23NO3. The Morgan fingerprint density at radius 1 is 1.42 bits per heavy atom. The highest BCUT2D eigenvalue weighted by atomic mass is 16.5. The Labute approximate surface area is 114 Å². The molecule has 2 rings (SSSR count). The largest absolute Gasteiger partial charge is 0.507 e. The molecule has 19 heavy (non-hydrogen) atoms. The SMILES string of the molecule is COc1ccc(CN(C)CC2CCCCO2)c(O)c1. The summed E-state index contributed by atoms with van der Waals surface area (Å²) in [6, 6.07) is 5.44. The van der Waals surface area contributed by atoms with E-state index in [1.54, 1.807) is 13.2 Å². The molecule has 0 amide bonds. The number of likely N-dealkylation sites (N-methyl/N-ethyl adjacent to an activating group) is 1. The number of ether oxygens (including phenoxy) is 2. The molecule has 1 aromatic rings. The van der Waals surface area contributed by atoms with Gasteiger partial charge in [0.1, 0.15) is 11.5 Å². The van der Waals surface area contributed by atoms with Crippen LogP contribution in [-0.2, 0) is 11.3 Å². The highest BCUT2D eigenvalue weighted by Gasteiger charge is 2.16. The molecule has 0 aliphatic carbocycles. The van der Waals surface area contributed by atoms with Crippen LogP contribution in [0.5, 0.6) is 11.5 Å². The third kappa shape index (κ3) is 4.11. The van der Waals surface area contributed by atoms with Gasteiger partial charge in [0.2, 0.25) is 0 Å². The van der Waals surface area contributed by atoms with Gasteiger partial charge in [0.25, 0.3) is 0 Å². The van der Waals surface area contributed by atoms with Crippen molar-refractivity contribution in [2.45, 2.75) is 31.9 Å². The van der Waals surface area contributed by atoms with Gasteiger partial charge in [0, 0.05) is 31.3 Å². The van der Waals surface area contributed by atoms with Crippen molar-refractivity contribution in [1.82, 2.24) is 4.90 Å². The minimum atomic E-state index is 0.288. The molecule has 0 radical (unpaired) electrons. The van der Waals surface area contributed by atoms with Crippen LogP contribution in [0, 0.1) is 0 Å². The van der Waals surface area contributed by atoms with Crippen molar-refractivity contribution < 1.29 is 14.6 Å². The van der Waals surface area contributed by atoms with Crippen LogP contribution in [-0.4, -0.2) is 43.4 Å². The molecule has 0 aromatic heterocycles. The van der Waals surface area contributed by atoms with E-state index in [9.17, 15) is 5.11 Å². The lowest BCUT2D eigenvalue weighted by molar-refractivity contribution is -0.00268. The second-order valence-electron chi connectivity index (χ2n) is 5.18. The summed E-state index contributed by atoms with van der Waals surface area (Å²) in [5.41, 5.74) is 0.916. The molecule has 0 saturated carbocycles. The zero-order chi connectivity index (χ0) is 13.7. The fourth-order valence-corrected chi connectivity index (χ4v) is 2.46. The van der Waals surface area contributed by atoms with E-state index in [4.69, 9.17) is 9.47 Å². The molecule has 0 bridgehead atoms. The molecule has 1 fully saturated rings. The lowest BCUT2D eigenvalue weighted by atomic mass is 10.1. The second kappa shape index (κ2) is 6.78. The highest BCUT2D eigenvalue weighted by molar-refractivity contribution is 5.39. The average Bonchev–Trinajstić information content (AvgIpc) is 2.42. The molecule has 1 aromatic carbocycles. The zero-order valence-electron chi connectivity index (χ0n) is 11.8. The summed E-state index contributed by atoms with van der Waals surface area (Å²) in [4.78, 5) is 2.19.